The van der Waals surface area contributed by atoms with Crippen LogP contribution in [0.3, 0.4) is 0 Å². The van der Waals surface area contributed by atoms with Crippen molar-refractivity contribution >= 4 is 5.91 Å². The molecule has 100 valence electrons. The number of nitrogens with one attached hydrogen (secondary N) is 2. The fourth-order valence-corrected chi connectivity index (χ4v) is 2.10. The van der Waals surface area contributed by atoms with Crippen LogP contribution >= 0.6 is 0 Å². The summed E-state index contributed by atoms with van der Waals surface area (Å²) in [5.41, 5.74) is 0. The SMILES string of the molecule is COCCC(CO)NCC(=O)NC1CCCC1. The highest BCUT2D eigenvalue weighted by Gasteiger charge is 2.17. The van der Waals surface area contributed by atoms with E-state index >= 15 is 0 Å². The second kappa shape index (κ2) is 8.44. The van der Waals surface area contributed by atoms with Gasteiger partial charge < -0.3 is 20.5 Å². The minimum absolute atomic E-state index is 0.0211. The number of ether oxygens (including phenoxy) is 1. The molecule has 0 radical (unpaired) electrons. The standard InChI is InChI=1S/C12H24N2O3/c1-17-7-6-11(9-15)13-8-12(16)14-10-4-2-3-5-10/h10-11,13,15H,2-9H2,1H3,(H,14,16). The van der Waals surface area contributed by atoms with Gasteiger partial charge in [0, 0.05) is 25.8 Å². The lowest BCUT2D eigenvalue weighted by Crippen LogP contribution is -2.43. The predicted octanol–water partition coefficient (Wildman–Crippen LogP) is 0.0322. The van der Waals surface area contributed by atoms with Crippen molar-refractivity contribution in [3.8, 4) is 0 Å². The van der Waals surface area contributed by atoms with Gasteiger partial charge in [-0.2, -0.15) is 0 Å². The molecule has 0 aromatic rings. The van der Waals surface area contributed by atoms with Gasteiger partial charge in [0.05, 0.1) is 13.2 Å². The first-order valence-electron chi connectivity index (χ1n) is 6.38. The Kier molecular flexibility index (Phi) is 7.16. The van der Waals surface area contributed by atoms with Gasteiger partial charge in [0.15, 0.2) is 0 Å². The van der Waals surface area contributed by atoms with E-state index in [1.807, 2.05) is 0 Å². The third-order valence-electron chi connectivity index (χ3n) is 3.16. The number of amides is 1. The second-order valence-corrected chi connectivity index (χ2v) is 4.59. The van der Waals surface area contributed by atoms with Gasteiger partial charge in [-0.1, -0.05) is 12.8 Å². The van der Waals surface area contributed by atoms with Gasteiger partial charge in [0.1, 0.15) is 0 Å². The summed E-state index contributed by atoms with van der Waals surface area (Å²) in [5, 5.41) is 15.1. The lowest BCUT2D eigenvalue weighted by atomic mass is 10.2. The van der Waals surface area contributed by atoms with Crippen molar-refractivity contribution in [3.63, 3.8) is 0 Å². The molecule has 0 heterocycles. The Morgan fingerprint density at radius 1 is 1.47 bits per heavy atom. The van der Waals surface area contributed by atoms with Crippen LogP contribution in [-0.4, -0.2) is 50.0 Å². The summed E-state index contributed by atoms with van der Waals surface area (Å²) >= 11 is 0. The molecular formula is C12H24N2O3. The van der Waals surface area contributed by atoms with Crippen LogP contribution in [0.5, 0.6) is 0 Å². The van der Waals surface area contributed by atoms with Crippen molar-refractivity contribution in [2.45, 2.75) is 44.2 Å². The minimum atomic E-state index is -0.0655. The lowest BCUT2D eigenvalue weighted by molar-refractivity contribution is -0.121. The zero-order chi connectivity index (χ0) is 12.5. The van der Waals surface area contributed by atoms with Crippen LogP contribution in [0.4, 0.5) is 0 Å². The zero-order valence-corrected chi connectivity index (χ0v) is 10.6. The van der Waals surface area contributed by atoms with Gasteiger partial charge in [-0.25, -0.2) is 0 Å². The van der Waals surface area contributed by atoms with Crippen LogP contribution in [-0.2, 0) is 9.53 Å². The number of hydrogen-bond acceptors (Lipinski definition) is 4. The average Bonchev–Trinajstić information content (AvgIpc) is 2.82. The fraction of sp³-hybridized carbons (Fsp3) is 0.917. The molecule has 0 saturated heterocycles. The molecule has 0 aromatic carbocycles. The molecule has 0 bridgehead atoms. The first-order valence-corrected chi connectivity index (χ1v) is 6.38. The molecule has 1 unspecified atom stereocenters. The van der Waals surface area contributed by atoms with Crippen LogP contribution in [0.15, 0.2) is 0 Å². The number of carbonyl (C=O) groups excluding carboxylic acids is 1. The monoisotopic (exact) mass is 244 g/mol. The molecule has 5 nitrogen and oxygen atoms in total. The number of methoxy groups -OCH3 is 1. The molecule has 3 N–H and O–H groups in total. The predicted molar refractivity (Wildman–Crippen MR) is 65.8 cm³/mol. The number of carbonyl (C=O) groups is 1. The maximum Gasteiger partial charge on any atom is 0.234 e. The zero-order valence-electron chi connectivity index (χ0n) is 10.6. The molecule has 17 heavy (non-hydrogen) atoms. The maximum absolute atomic E-state index is 11.6. The fourth-order valence-electron chi connectivity index (χ4n) is 2.10. The van der Waals surface area contributed by atoms with Crippen molar-refractivity contribution in [1.29, 1.82) is 0 Å². The summed E-state index contributed by atoms with van der Waals surface area (Å²) < 4.78 is 4.94. The summed E-state index contributed by atoms with van der Waals surface area (Å²) in [5.74, 6) is 0.0211. The van der Waals surface area contributed by atoms with Gasteiger partial charge >= 0.3 is 0 Å². The van der Waals surface area contributed by atoms with Crippen molar-refractivity contribution in [1.82, 2.24) is 10.6 Å². The van der Waals surface area contributed by atoms with E-state index in [9.17, 15) is 4.79 Å². The van der Waals surface area contributed by atoms with E-state index in [2.05, 4.69) is 10.6 Å². The number of aliphatic hydroxyl groups is 1. The lowest BCUT2D eigenvalue weighted by Gasteiger charge is -2.17. The topological polar surface area (TPSA) is 70.6 Å². The second-order valence-electron chi connectivity index (χ2n) is 4.59. The normalized spacial score (nSPS) is 18.2. The van der Waals surface area contributed by atoms with Gasteiger partial charge in [-0.05, 0) is 19.3 Å². The summed E-state index contributed by atoms with van der Waals surface area (Å²) in [6.07, 6.45) is 5.33. The van der Waals surface area contributed by atoms with Gasteiger partial charge in [-0.15, -0.1) is 0 Å². The van der Waals surface area contributed by atoms with E-state index in [1.54, 1.807) is 7.11 Å². The molecular weight excluding hydrogens is 220 g/mol. The third kappa shape index (κ3) is 6.00. The first kappa shape index (κ1) is 14.4. The Morgan fingerprint density at radius 3 is 2.76 bits per heavy atom. The van der Waals surface area contributed by atoms with Crippen LogP contribution in [0.1, 0.15) is 32.1 Å². The van der Waals surface area contributed by atoms with E-state index in [1.165, 1.54) is 12.8 Å². The van der Waals surface area contributed by atoms with Crippen molar-refractivity contribution < 1.29 is 14.6 Å². The molecule has 0 spiro atoms. The first-order chi connectivity index (χ1) is 8.26. The molecule has 5 heteroatoms. The van der Waals surface area contributed by atoms with Gasteiger partial charge in [-0.3, -0.25) is 4.79 Å². The highest BCUT2D eigenvalue weighted by Crippen LogP contribution is 2.17. The summed E-state index contributed by atoms with van der Waals surface area (Å²) in [6.45, 7) is 0.883. The van der Waals surface area contributed by atoms with E-state index in [4.69, 9.17) is 9.84 Å². The Hall–Kier alpha value is -0.650. The Morgan fingerprint density at radius 2 is 2.18 bits per heavy atom. The number of aliphatic hydroxyl groups excluding tert-OH is 1. The Balaban J connectivity index is 2.12. The van der Waals surface area contributed by atoms with Gasteiger partial charge in [0.2, 0.25) is 5.91 Å². The molecule has 1 atom stereocenters. The van der Waals surface area contributed by atoms with E-state index in [0.29, 0.717) is 19.1 Å². The minimum Gasteiger partial charge on any atom is -0.395 e. The highest BCUT2D eigenvalue weighted by atomic mass is 16.5. The summed E-state index contributed by atoms with van der Waals surface area (Å²) in [6, 6.07) is 0.292. The van der Waals surface area contributed by atoms with Crippen LogP contribution in [0.2, 0.25) is 0 Å². The third-order valence-corrected chi connectivity index (χ3v) is 3.16. The summed E-state index contributed by atoms with van der Waals surface area (Å²) in [7, 11) is 1.63. The van der Waals surface area contributed by atoms with E-state index in [-0.39, 0.29) is 25.1 Å². The molecule has 0 aliphatic heterocycles. The number of rotatable bonds is 8. The Labute approximate surface area is 103 Å². The molecule has 1 aliphatic carbocycles. The highest BCUT2D eigenvalue weighted by molar-refractivity contribution is 5.78. The van der Waals surface area contributed by atoms with Gasteiger partial charge in [0.25, 0.3) is 0 Å². The van der Waals surface area contributed by atoms with E-state index < -0.39 is 0 Å². The maximum atomic E-state index is 11.6. The number of hydrogen-bond donors (Lipinski definition) is 3. The molecule has 1 rings (SSSR count). The molecule has 1 aliphatic rings. The molecule has 1 amide bonds. The van der Waals surface area contributed by atoms with Crippen molar-refractivity contribution in [3.05, 3.63) is 0 Å². The van der Waals surface area contributed by atoms with E-state index in [0.717, 1.165) is 12.8 Å². The van der Waals surface area contributed by atoms with Crippen LogP contribution < -0.4 is 10.6 Å². The van der Waals surface area contributed by atoms with Crippen LogP contribution in [0.25, 0.3) is 0 Å². The molecule has 1 saturated carbocycles. The van der Waals surface area contributed by atoms with Crippen molar-refractivity contribution in [2.75, 3.05) is 26.9 Å². The smallest absolute Gasteiger partial charge is 0.234 e. The largest absolute Gasteiger partial charge is 0.395 e. The molecule has 0 aromatic heterocycles. The molecule has 1 fully saturated rings. The van der Waals surface area contributed by atoms with Crippen molar-refractivity contribution in [2.24, 2.45) is 0 Å². The van der Waals surface area contributed by atoms with Crippen LogP contribution in [0, 0.1) is 0 Å². The summed E-state index contributed by atoms with van der Waals surface area (Å²) in [4.78, 5) is 11.6. The average molecular weight is 244 g/mol. The quantitative estimate of drug-likeness (QED) is 0.563. The Bertz CT molecular complexity index is 218.